The number of nitrogens with zero attached hydrogens (tertiary/aromatic N) is 3. The van der Waals surface area contributed by atoms with Crippen molar-refractivity contribution >= 4 is 17.8 Å². The fraction of sp³-hybridized carbons (Fsp3) is 0.185. The Morgan fingerprint density at radius 3 is 2.25 bits per heavy atom. The molecule has 0 amide bonds. The molecule has 0 radical (unpaired) electrons. The predicted octanol–water partition coefficient (Wildman–Crippen LogP) is 8.01. The molecule has 9 heteroatoms. The maximum atomic E-state index is 12.8. The van der Waals surface area contributed by atoms with Gasteiger partial charge in [-0.1, -0.05) is 60.9 Å². The summed E-state index contributed by atoms with van der Waals surface area (Å²) in [6.45, 7) is 4.01. The molecule has 4 aromatic rings. The number of aromatic nitrogens is 2. The summed E-state index contributed by atoms with van der Waals surface area (Å²) in [5.41, 5.74) is 2.00. The Bertz CT molecular complexity index is 1320. The normalized spacial score (nSPS) is 11.9. The van der Waals surface area contributed by atoms with Crippen molar-refractivity contribution in [2.75, 3.05) is 0 Å². The molecule has 1 heterocycles. The summed E-state index contributed by atoms with van der Waals surface area (Å²) in [5, 5.41) is 9.43. The van der Waals surface area contributed by atoms with E-state index in [2.05, 4.69) is 5.16 Å². The van der Waals surface area contributed by atoms with E-state index in [-0.39, 0.29) is 12.5 Å². The minimum atomic E-state index is -4.38. The van der Waals surface area contributed by atoms with Gasteiger partial charge in [-0.05, 0) is 60.0 Å². The van der Waals surface area contributed by atoms with Crippen molar-refractivity contribution in [2.24, 2.45) is 5.16 Å². The molecule has 36 heavy (non-hydrogen) atoms. The summed E-state index contributed by atoms with van der Waals surface area (Å²) in [6.07, 6.45) is -2.87. The topological polar surface area (TPSA) is 48.6 Å². The number of halogens is 4. The van der Waals surface area contributed by atoms with Crippen molar-refractivity contribution in [1.29, 1.82) is 0 Å². The zero-order chi connectivity index (χ0) is 25.7. The lowest BCUT2D eigenvalue weighted by molar-refractivity contribution is -0.137. The third-order valence-electron chi connectivity index (χ3n) is 5.25. The molecule has 0 atom stereocenters. The number of benzene rings is 3. The first kappa shape index (κ1) is 25.3. The van der Waals surface area contributed by atoms with Crippen molar-refractivity contribution in [3.05, 3.63) is 106 Å². The average molecular weight is 514 g/mol. The van der Waals surface area contributed by atoms with Crippen molar-refractivity contribution in [2.45, 2.75) is 32.5 Å². The van der Waals surface area contributed by atoms with Crippen LogP contribution in [0.25, 0.3) is 5.69 Å². The van der Waals surface area contributed by atoms with Crippen LogP contribution in [0.5, 0.6) is 11.6 Å². The molecule has 4 rings (SSSR count). The Morgan fingerprint density at radius 1 is 0.972 bits per heavy atom. The summed E-state index contributed by atoms with van der Waals surface area (Å²) in [4.78, 5) is 5.40. The molecule has 1 aromatic heterocycles. The fourth-order valence-corrected chi connectivity index (χ4v) is 3.55. The highest BCUT2D eigenvalue weighted by molar-refractivity contribution is 6.30. The standard InChI is InChI=1S/C27H23ClF3N3O2/c1-18(2)25-24(16-32-35-17-19-8-10-20(11-9-19)27(29,30)31)26(36-23-14-12-21(28)13-15-23)34(33-25)22-6-4-3-5-7-22/h3-16,18H,17H2,1-2H3/b32-16+. The molecule has 186 valence electrons. The number of oxime groups is 1. The first-order valence-electron chi connectivity index (χ1n) is 11.2. The number of rotatable bonds is 8. The van der Waals surface area contributed by atoms with Crippen LogP contribution in [-0.4, -0.2) is 16.0 Å². The summed E-state index contributed by atoms with van der Waals surface area (Å²) in [7, 11) is 0. The molecule has 0 aliphatic rings. The molecule has 0 spiro atoms. The van der Waals surface area contributed by atoms with Crippen LogP contribution in [0, 0.1) is 0 Å². The van der Waals surface area contributed by atoms with Gasteiger partial charge < -0.3 is 9.57 Å². The van der Waals surface area contributed by atoms with E-state index in [1.807, 2.05) is 44.2 Å². The van der Waals surface area contributed by atoms with Crippen LogP contribution in [-0.2, 0) is 17.6 Å². The van der Waals surface area contributed by atoms with Crippen LogP contribution in [0.2, 0.25) is 5.02 Å². The molecule has 0 saturated carbocycles. The van der Waals surface area contributed by atoms with Gasteiger partial charge in [-0.2, -0.15) is 23.0 Å². The molecular formula is C27H23ClF3N3O2. The largest absolute Gasteiger partial charge is 0.438 e. The third kappa shape index (κ3) is 6.07. The Balaban J connectivity index is 1.63. The van der Waals surface area contributed by atoms with Crippen molar-refractivity contribution in [3.8, 4) is 17.3 Å². The van der Waals surface area contributed by atoms with Gasteiger partial charge in [-0.15, -0.1) is 0 Å². The maximum absolute atomic E-state index is 12.8. The van der Waals surface area contributed by atoms with E-state index in [1.165, 1.54) is 18.3 Å². The van der Waals surface area contributed by atoms with E-state index in [4.69, 9.17) is 26.3 Å². The quantitative estimate of drug-likeness (QED) is 0.177. The second-order valence-corrected chi connectivity index (χ2v) is 8.70. The van der Waals surface area contributed by atoms with E-state index in [9.17, 15) is 13.2 Å². The second-order valence-electron chi connectivity index (χ2n) is 8.26. The summed E-state index contributed by atoms with van der Waals surface area (Å²) < 4.78 is 46.2. The lowest BCUT2D eigenvalue weighted by Gasteiger charge is -2.10. The van der Waals surface area contributed by atoms with Crippen molar-refractivity contribution in [1.82, 2.24) is 9.78 Å². The van der Waals surface area contributed by atoms with Crippen LogP contribution >= 0.6 is 11.6 Å². The molecular weight excluding hydrogens is 491 g/mol. The fourth-order valence-electron chi connectivity index (χ4n) is 3.43. The van der Waals surface area contributed by atoms with Crippen molar-refractivity contribution < 1.29 is 22.7 Å². The Labute approximate surface area is 211 Å². The summed E-state index contributed by atoms with van der Waals surface area (Å²) >= 11 is 6.02. The molecule has 0 aliphatic heterocycles. The van der Waals surface area contributed by atoms with Crippen LogP contribution < -0.4 is 4.74 Å². The minimum Gasteiger partial charge on any atom is -0.438 e. The van der Waals surface area contributed by atoms with E-state index < -0.39 is 11.7 Å². The van der Waals surface area contributed by atoms with Crippen LogP contribution in [0.15, 0.2) is 84.0 Å². The predicted molar refractivity (Wildman–Crippen MR) is 133 cm³/mol. The molecule has 5 nitrogen and oxygen atoms in total. The highest BCUT2D eigenvalue weighted by Crippen LogP contribution is 2.33. The summed E-state index contributed by atoms with van der Waals surface area (Å²) in [5.74, 6) is 1.04. The van der Waals surface area contributed by atoms with Crippen LogP contribution in [0.3, 0.4) is 0 Å². The van der Waals surface area contributed by atoms with Gasteiger partial charge in [0.25, 0.3) is 0 Å². The summed E-state index contributed by atoms with van der Waals surface area (Å²) in [6, 6.07) is 21.2. The van der Waals surface area contributed by atoms with Gasteiger partial charge in [-0.3, -0.25) is 0 Å². The van der Waals surface area contributed by atoms with Gasteiger partial charge in [0.2, 0.25) is 5.88 Å². The van der Waals surface area contributed by atoms with Gasteiger partial charge in [0, 0.05) is 5.02 Å². The molecule has 0 N–H and O–H groups in total. The Kier molecular flexibility index (Phi) is 7.64. The monoisotopic (exact) mass is 513 g/mol. The van der Waals surface area contributed by atoms with Crippen LogP contribution in [0.1, 0.15) is 42.1 Å². The molecule has 0 fully saturated rings. The first-order valence-corrected chi connectivity index (χ1v) is 11.5. The van der Waals surface area contributed by atoms with E-state index >= 15 is 0 Å². The zero-order valence-corrected chi connectivity index (χ0v) is 20.3. The number of ether oxygens (including phenoxy) is 1. The van der Waals surface area contributed by atoms with Crippen molar-refractivity contribution in [3.63, 3.8) is 0 Å². The van der Waals surface area contributed by atoms with Crippen LogP contribution in [0.4, 0.5) is 13.2 Å². The van der Waals surface area contributed by atoms with Gasteiger partial charge >= 0.3 is 6.18 Å². The van der Waals surface area contributed by atoms with Gasteiger partial charge in [-0.25, -0.2) is 0 Å². The number of hydrogen-bond donors (Lipinski definition) is 0. The molecule has 0 unspecified atom stereocenters. The highest BCUT2D eigenvalue weighted by atomic mass is 35.5. The molecule has 0 aliphatic carbocycles. The van der Waals surface area contributed by atoms with Gasteiger partial charge in [0.15, 0.2) is 0 Å². The van der Waals surface area contributed by atoms with E-state index in [0.717, 1.165) is 23.5 Å². The lowest BCUT2D eigenvalue weighted by atomic mass is 10.1. The molecule has 0 saturated heterocycles. The molecule has 3 aromatic carbocycles. The lowest BCUT2D eigenvalue weighted by Crippen LogP contribution is -2.04. The number of para-hydroxylation sites is 1. The SMILES string of the molecule is CC(C)c1nn(-c2ccccc2)c(Oc2ccc(Cl)cc2)c1/C=N/OCc1ccc(C(F)(F)F)cc1. The second kappa shape index (κ2) is 10.9. The Hall–Kier alpha value is -3.78. The van der Waals surface area contributed by atoms with Gasteiger partial charge in [0.05, 0.1) is 28.7 Å². The minimum absolute atomic E-state index is 0.00580. The smallest absolute Gasteiger partial charge is 0.416 e. The Morgan fingerprint density at radius 2 is 1.64 bits per heavy atom. The maximum Gasteiger partial charge on any atom is 0.416 e. The third-order valence-corrected chi connectivity index (χ3v) is 5.50. The molecule has 0 bridgehead atoms. The first-order chi connectivity index (χ1) is 17.2. The van der Waals surface area contributed by atoms with Gasteiger partial charge in [0.1, 0.15) is 12.4 Å². The average Bonchev–Trinajstić information content (AvgIpc) is 3.22. The zero-order valence-electron chi connectivity index (χ0n) is 19.5. The van der Waals surface area contributed by atoms with E-state index in [0.29, 0.717) is 27.8 Å². The number of alkyl halides is 3. The number of hydrogen-bond acceptors (Lipinski definition) is 4. The highest BCUT2D eigenvalue weighted by Gasteiger charge is 2.30. The van der Waals surface area contributed by atoms with E-state index in [1.54, 1.807) is 28.9 Å².